The van der Waals surface area contributed by atoms with Crippen molar-refractivity contribution in [3.8, 4) is 0 Å². The van der Waals surface area contributed by atoms with E-state index >= 15 is 0 Å². The van der Waals surface area contributed by atoms with Gasteiger partial charge in [-0.25, -0.2) is 0 Å². The molecule has 0 nitrogen and oxygen atoms in total. The maximum atomic E-state index is 2.74. The molecule has 0 spiro atoms. The van der Waals surface area contributed by atoms with Gasteiger partial charge in [-0.05, 0) is 36.5 Å². The van der Waals surface area contributed by atoms with E-state index in [1.54, 1.807) is 0 Å². The molecular weight excluding hydrogens is 203 g/mol. The highest BCUT2D eigenvalue weighted by atomic mass is 14.3. The summed E-state index contributed by atoms with van der Waals surface area (Å²) < 4.78 is 0. The summed E-state index contributed by atoms with van der Waals surface area (Å²) in [4.78, 5) is 0. The first-order valence-electron chi connectivity index (χ1n) is 7.71. The number of hydrogen-bond acceptors (Lipinski definition) is 0. The van der Waals surface area contributed by atoms with Crippen molar-refractivity contribution in [1.29, 1.82) is 0 Å². The summed E-state index contributed by atoms with van der Waals surface area (Å²) in [5.41, 5.74) is 1.25. The Kier molecular flexibility index (Phi) is 3.95. The van der Waals surface area contributed by atoms with Gasteiger partial charge < -0.3 is 0 Å². The third-order valence-corrected chi connectivity index (χ3v) is 5.31. The molecule has 0 aromatic heterocycles. The van der Waals surface area contributed by atoms with Crippen LogP contribution in [0.25, 0.3) is 0 Å². The first-order chi connectivity index (χ1) is 7.86. The molecule has 17 heavy (non-hydrogen) atoms. The molecule has 0 heterocycles. The Labute approximate surface area is 109 Å². The van der Waals surface area contributed by atoms with Crippen molar-refractivity contribution in [2.24, 2.45) is 10.8 Å². The van der Waals surface area contributed by atoms with Crippen LogP contribution in [0, 0.1) is 10.8 Å². The van der Waals surface area contributed by atoms with Gasteiger partial charge in [-0.3, -0.25) is 0 Å². The van der Waals surface area contributed by atoms with Gasteiger partial charge in [0.2, 0.25) is 0 Å². The van der Waals surface area contributed by atoms with Crippen LogP contribution in [0.1, 0.15) is 79.1 Å². The van der Waals surface area contributed by atoms with Crippen LogP contribution in [-0.4, -0.2) is 7.28 Å². The second-order valence-electron chi connectivity index (χ2n) is 8.20. The zero-order chi connectivity index (χ0) is 12.5. The molecule has 2 fully saturated rings. The third-order valence-electron chi connectivity index (χ3n) is 5.31. The quantitative estimate of drug-likeness (QED) is 0.555. The second-order valence-corrected chi connectivity index (χ2v) is 8.20. The SMILES string of the molecule is CC1(C)CCC([B]C2CCC(C)(C)CC2)CC1. The van der Waals surface area contributed by atoms with E-state index in [-0.39, 0.29) is 0 Å². The molecule has 0 amide bonds. The lowest BCUT2D eigenvalue weighted by molar-refractivity contribution is 0.233. The fourth-order valence-electron chi connectivity index (χ4n) is 3.61. The first-order valence-corrected chi connectivity index (χ1v) is 7.71. The van der Waals surface area contributed by atoms with Crippen LogP contribution in [0.15, 0.2) is 0 Å². The van der Waals surface area contributed by atoms with Crippen LogP contribution in [0.2, 0.25) is 11.6 Å². The lowest BCUT2D eigenvalue weighted by Gasteiger charge is -2.38. The average molecular weight is 233 g/mol. The lowest BCUT2D eigenvalue weighted by atomic mass is 9.46. The van der Waals surface area contributed by atoms with Gasteiger partial charge in [0.1, 0.15) is 7.28 Å². The van der Waals surface area contributed by atoms with Gasteiger partial charge in [0.25, 0.3) is 0 Å². The minimum atomic E-state index is 0.624. The molecule has 2 aliphatic carbocycles. The first kappa shape index (κ1) is 13.5. The maximum Gasteiger partial charge on any atom is 0.117 e. The Balaban J connectivity index is 1.72. The predicted molar refractivity (Wildman–Crippen MR) is 77.8 cm³/mol. The van der Waals surface area contributed by atoms with Crippen LogP contribution in [0.4, 0.5) is 0 Å². The van der Waals surface area contributed by atoms with E-state index in [0.29, 0.717) is 10.8 Å². The molecule has 0 aromatic carbocycles. The molecule has 2 aliphatic rings. The smallest absolute Gasteiger partial charge is 0.0685 e. The Morgan fingerprint density at radius 2 is 0.941 bits per heavy atom. The van der Waals surface area contributed by atoms with Gasteiger partial charge in [-0.15, -0.1) is 0 Å². The highest BCUT2D eigenvalue weighted by Gasteiger charge is 2.32. The second kappa shape index (κ2) is 4.98. The standard InChI is InChI=1S/C16H30B/c1-15(2)9-5-13(6-10-15)17-14-7-11-16(3,4)12-8-14/h13-14H,5-12H2,1-4H3. The van der Waals surface area contributed by atoms with Gasteiger partial charge in [0.05, 0.1) is 0 Å². The molecule has 0 aliphatic heterocycles. The molecule has 2 rings (SSSR count). The summed E-state index contributed by atoms with van der Waals surface area (Å²) in [7, 11) is 2.74. The molecule has 0 aromatic rings. The maximum absolute atomic E-state index is 2.74. The van der Waals surface area contributed by atoms with Gasteiger partial charge in [0.15, 0.2) is 0 Å². The van der Waals surface area contributed by atoms with Gasteiger partial charge in [0, 0.05) is 0 Å². The van der Waals surface area contributed by atoms with Crippen molar-refractivity contribution in [2.75, 3.05) is 0 Å². The van der Waals surface area contributed by atoms with Crippen molar-refractivity contribution in [3.63, 3.8) is 0 Å². The zero-order valence-electron chi connectivity index (χ0n) is 12.4. The number of hydrogen-bond donors (Lipinski definition) is 0. The lowest BCUT2D eigenvalue weighted by Crippen LogP contribution is -2.26. The van der Waals surface area contributed by atoms with Crippen molar-refractivity contribution in [3.05, 3.63) is 0 Å². The molecule has 0 atom stereocenters. The molecule has 1 heteroatoms. The van der Waals surface area contributed by atoms with Gasteiger partial charge >= 0.3 is 0 Å². The Bertz CT molecular complexity index is 208. The highest BCUT2D eigenvalue weighted by molar-refractivity contribution is 6.39. The van der Waals surface area contributed by atoms with E-state index in [2.05, 4.69) is 35.0 Å². The fourth-order valence-corrected chi connectivity index (χ4v) is 3.61. The molecular formula is C16H30B. The molecule has 2 saturated carbocycles. The molecule has 0 saturated heterocycles. The van der Waals surface area contributed by atoms with E-state index in [0.717, 1.165) is 11.6 Å². The van der Waals surface area contributed by atoms with Crippen molar-refractivity contribution >= 4 is 7.28 Å². The largest absolute Gasteiger partial charge is 0.117 e. The van der Waals surface area contributed by atoms with Crippen molar-refractivity contribution in [2.45, 2.75) is 90.7 Å². The third kappa shape index (κ3) is 4.03. The topological polar surface area (TPSA) is 0 Å². The van der Waals surface area contributed by atoms with Gasteiger partial charge in [-0.1, -0.05) is 65.0 Å². The summed E-state index contributed by atoms with van der Waals surface area (Å²) in [6, 6.07) is 0. The fraction of sp³-hybridized carbons (Fsp3) is 1.00. The van der Waals surface area contributed by atoms with Gasteiger partial charge in [-0.2, -0.15) is 0 Å². The number of rotatable bonds is 2. The zero-order valence-corrected chi connectivity index (χ0v) is 12.4. The Hall–Kier alpha value is 0.0649. The highest BCUT2D eigenvalue weighted by Crippen LogP contribution is 2.45. The minimum absolute atomic E-state index is 0.624. The van der Waals surface area contributed by atoms with E-state index in [1.165, 1.54) is 51.4 Å². The molecule has 0 bridgehead atoms. The van der Waals surface area contributed by atoms with Crippen LogP contribution < -0.4 is 0 Å². The Morgan fingerprint density at radius 3 is 1.24 bits per heavy atom. The normalized spacial score (nSPS) is 30.1. The molecule has 0 N–H and O–H groups in total. The summed E-state index contributed by atoms with van der Waals surface area (Å²) in [5.74, 6) is 1.88. The average Bonchev–Trinajstić information content (AvgIpc) is 2.24. The van der Waals surface area contributed by atoms with E-state index in [1.807, 2.05) is 0 Å². The Morgan fingerprint density at radius 1 is 0.647 bits per heavy atom. The van der Waals surface area contributed by atoms with E-state index < -0.39 is 0 Å². The molecule has 1 radical (unpaired) electrons. The summed E-state index contributed by atoms with van der Waals surface area (Å²) >= 11 is 0. The molecule has 0 unspecified atom stereocenters. The monoisotopic (exact) mass is 233 g/mol. The summed E-state index contributed by atoms with van der Waals surface area (Å²) in [5, 5.41) is 0. The van der Waals surface area contributed by atoms with Crippen LogP contribution in [-0.2, 0) is 0 Å². The van der Waals surface area contributed by atoms with E-state index in [4.69, 9.17) is 0 Å². The van der Waals surface area contributed by atoms with Crippen LogP contribution in [0.3, 0.4) is 0 Å². The van der Waals surface area contributed by atoms with E-state index in [9.17, 15) is 0 Å². The predicted octanol–water partition coefficient (Wildman–Crippen LogP) is 5.47. The summed E-state index contributed by atoms with van der Waals surface area (Å²) in [6.07, 6.45) is 11.6. The van der Waals surface area contributed by atoms with Crippen LogP contribution in [0.5, 0.6) is 0 Å². The van der Waals surface area contributed by atoms with Crippen molar-refractivity contribution in [1.82, 2.24) is 0 Å². The van der Waals surface area contributed by atoms with Crippen LogP contribution >= 0.6 is 0 Å². The molecule has 97 valence electrons. The minimum Gasteiger partial charge on any atom is -0.0685 e. The van der Waals surface area contributed by atoms with Crippen molar-refractivity contribution < 1.29 is 0 Å². The summed E-state index contributed by atoms with van der Waals surface area (Å²) in [6.45, 7) is 9.75.